The highest BCUT2D eigenvalue weighted by Crippen LogP contribution is 2.17. The molecule has 2 N–H and O–H groups in total. The fourth-order valence-corrected chi connectivity index (χ4v) is 2.35. The van der Waals surface area contributed by atoms with E-state index in [0.717, 1.165) is 5.69 Å². The number of carbonyl (C=O) groups is 3. The van der Waals surface area contributed by atoms with Gasteiger partial charge >= 0.3 is 12.0 Å². The van der Waals surface area contributed by atoms with Gasteiger partial charge in [-0.25, -0.2) is 9.59 Å². The van der Waals surface area contributed by atoms with E-state index in [1.165, 1.54) is 0 Å². The molecule has 3 amide bonds. The summed E-state index contributed by atoms with van der Waals surface area (Å²) in [6.45, 7) is 2.08. The number of hydrogen-bond donors (Lipinski definition) is 2. The minimum atomic E-state index is -0.539. The number of ether oxygens (including phenoxy) is 1. The van der Waals surface area contributed by atoms with Gasteiger partial charge in [-0.2, -0.15) is 0 Å². The Morgan fingerprint density at radius 1 is 1.17 bits per heavy atom. The van der Waals surface area contributed by atoms with Crippen LogP contribution in [-0.2, 0) is 9.53 Å². The van der Waals surface area contributed by atoms with E-state index >= 15 is 0 Å². The Kier molecular flexibility index (Phi) is 4.15. The van der Waals surface area contributed by atoms with E-state index in [0.29, 0.717) is 17.9 Å². The van der Waals surface area contributed by atoms with Gasteiger partial charge in [0, 0.05) is 17.6 Å². The van der Waals surface area contributed by atoms with E-state index in [1.54, 1.807) is 37.3 Å². The molecule has 0 saturated carbocycles. The van der Waals surface area contributed by atoms with E-state index in [1.807, 2.05) is 22.9 Å². The summed E-state index contributed by atoms with van der Waals surface area (Å²) in [6.07, 6.45) is 3.40. The lowest BCUT2D eigenvalue weighted by Gasteiger charge is -2.08. The molecule has 1 aromatic carbocycles. The van der Waals surface area contributed by atoms with E-state index in [9.17, 15) is 14.4 Å². The minimum Gasteiger partial charge on any atom is -0.462 e. The standard InChI is InChI=1S/C17H15N3O4/c1-2-24-16(22)11-5-7-12(8-6-11)20-9-3-4-13(20)10-14-15(21)19-17(23)18-14/h3-10H,2H2,1H3,(H2,18,19,21,23). The molecule has 0 spiro atoms. The molecule has 1 aliphatic heterocycles. The molecule has 1 aliphatic rings. The summed E-state index contributed by atoms with van der Waals surface area (Å²) in [5.41, 5.74) is 2.18. The van der Waals surface area contributed by atoms with Gasteiger partial charge in [-0.3, -0.25) is 10.1 Å². The summed E-state index contributed by atoms with van der Waals surface area (Å²) in [5, 5.41) is 4.60. The summed E-state index contributed by atoms with van der Waals surface area (Å²) >= 11 is 0. The number of esters is 1. The van der Waals surface area contributed by atoms with E-state index in [-0.39, 0.29) is 11.7 Å². The summed E-state index contributed by atoms with van der Waals surface area (Å²) in [6, 6.07) is 10.00. The highest BCUT2D eigenvalue weighted by molar-refractivity contribution is 6.13. The van der Waals surface area contributed by atoms with Gasteiger partial charge in [-0.05, 0) is 49.4 Å². The number of hydrogen-bond acceptors (Lipinski definition) is 4. The molecule has 122 valence electrons. The quantitative estimate of drug-likeness (QED) is 0.510. The van der Waals surface area contributed by atoms with Crippen LogP contribution in [0.1, 0.15) is 23.0 Å². The first-order valence-corrected chi connectivity index (χ1v) is 7.37. The van der Waals surface area contributed by atoms with E-state index < -0.39 is 11.9 Å². The zero-order valence-corrected chi connectivity index (χ0v) is 12.9. The van der Waals surface area contributed by atoms with E-state index in [2.05, 4.69) is 10.6 Å². The van der Waals surface area contributed by atoms with Gasteiger partial charge in [-0.15, -0.1) is 0 Å². The number of nitrogens with zero attached hydrogens (tertiary/aromatic N) is 1. The Balaban J connectivity index is 1.88. The lowest BCUT2D eigenvalue weighted by atomic mass is 10.2. The molecule has 0 aliphatic carbocycles. The summed E-state index contributed by atoms with van der Waals surface area (Å²) in [7, 11) is 0. The molecule has 1 fully saturated rings. The maximum atomic E-state index is 11.7. The largest absolute Gasteiger partial charge is 0.462 e. The molecular weight excluding hydrogens is 310 g/mol. The Hall–Kier alpha value is -3.35. The van der Waals surface area contributed by atoms with Crippen molar-refractivity contribution in [3.63, 3.8) is 0 Å². The Morgan fingerprint density at radius 2 is 1.92 bits per heavy atom. The third-order valence-electron chi connectivity index (χ3n) is 3.45. The third-order valence-corrected chi connectivity index (χ3v) is 3.45. The molecular formula is C17H15N3O4. The smallest absolute Gasteiger partial charge is 0.338 e. The van der Waals surface area contributed by atoms with Crippen LogP contribution in [0.25, 0.3) is 11.8 Å². The van der Waals surface area contributed by atoms with Crippen molar-refractivity contribution in [2.45, 2.75) is 6.92 Å². The molecule has 0 atom stereocenters. The average Bonchev–Trinajstić information content (AvgIpc) is 3.14. The summed E-state index contributed by atoms with van der Waals surface area (Å²) < 4.78 is 6.79. The average molecular weight is 325 g/mol. The lowest BCUT2D eigenvalue weighted by Crippen LogP contribution is -2.22. The second-order valence-corrected chi connectivity index (χ2v) is 5.04. The molecule has 7 heteroatoms. The third kappa shape index (κ3) is 3.05. The maximum absolute atomic E-state index is 11.7. The van der Waals surface area contributed by atoms with Crippen LogP contribution in [0.3, 0.4) is 0 Å². The Morgan fingerprint density at radius 3 is 2.54 bits per heavy atom. The number of carbonyl (C=O) groups excluding carboxylic acids is 3. The van der Waals surface area contributed by atoms with Gasteiger partial charge in [0.15, 0.2) is 0 Å². The van der Waals surface area contributed by atoms with Crippen LogP contribution in [-0.4, -0.2) is 29.1 Å². The molecule has 7 nitrogen and oxygen atoms in total. The Labute approximate surface area is 137 Å². The molecule has 0 radical (unpaired) electrons. The van der Waals surface area contributed by atoms with Crippen molar-refractivity contribution in [3.8, 4) is 5.69 Å². The first kappa shape index (κ1) is 15.5. The van der Waals surface area contributed by atoms with Crippen molar-refractivity contribution < 1.29 is 19.1 Å². The zero-order valence-electron chi connectivity index (χ0n) is 12.9. The normalized spacial score (nSPS) is 15.3. The predicted octanol–water partition coefficient (Wildman–Crippen LogP) is 1.83. The highest BCUT2D eigenvalue weighted by atomic mass is 16.5. The van der Waals surface area contributed by atoms with Gasteiger partial charge in [0.05, 0.1) is 12.2 Å². The molecule has 0 bridgehead atoms. The number of amides is 3. The first-order chi connectivity index (χ1) is 11.6. The van der Waals surface area contributed by atoms with Crippen LogP contribution >= 0.6 is 0 Å². The fraction of sp³-hybridized carbons (Fsp3) is 0.118. The lowest BCUT2D eigenvalue weighted by molar-refractivity contribution is -0.115. The second kappa shape index (κ2) is 6.41. The maximum Gasteiger partial charge on any atom is 0.338 e. The molecule has 1 aromatic heterocycles. The summed E-state index contributed by atoms with van der Waals surface area (Å²) in [4.78, 5) is 34.5. The summed E-state index contributed by atoms with van der Waals surface area (Å²) in [5.74, 6) is -0.838. The number of nitrogens with one attached hydrogen (secondary N) is 2. The highest BCUT2D eigenvalue weighted by Gasteiger charge is 2.23. The van der Waals surface area contributed by atoms with Crippen molar-refractivity contribution in [1.82, 2.24) is 15.2 Å². The van der Waals surface area contributed by atoms with Crippen LogP contribution < -0.4 is 10.6 Å². The van der Waals surface area contributed by atoms with Gasteiger partial charge in [-0.1, -0.05) is 0 Å². The molecule has 1 saturated heterocycles. The molecule has 0 unspecified atom stereocenters. The van der Waals surface area contributed by atoms with Gasteiger partial charge in [0.2, 0.25) is 0 Å². The molecule has 3 rings (SSSR count). The molecule has 2 aromatic rings. The van der Waals surface area contributed by atoms with Gasteiger partial charge < -0.3 is 14.6 Å². The van der Waals surface area contributed by atoms with Crippen molar-refractivity contribution in [2.75, 3.05) is 6.61 Å². The van der Waals surface area contributed by atoms with Gasteiger partial charge in [0.1, 0.15) is 5.70 Å². The minimum absolute atomic E-state index is 0.183. The molecule has 2 heterocycles. The van der Waals surface area contributed by atoms with Crippen LogP contribution in [0.5, 0.6) is 0 Å². The van der Waals surface area contributed by atoms with Crippen molar-refractivity contribution in [3.05, 3.63) is 59.5 Å². The number of imide groups is 1. The second-order valence-electron chi connectivity index (χ2n) is 5.04. The fourth-order valence-electron chi connectivity index (χ4n) is 2.35. The van der Waals surface area contributed by atoms with E-state index in [4.69, 9.17) is 4.74 Å². The topological polar surface area (TPSA) is 89.4 Å². The number of aromatic nitrogens is 1. The zero-order chi connectivity index (χ0) is 17.1. The predicted molar refractivity (Wildman–Crippen MR) is 86.4 cm³/mol. The van der Waals surface area contributed by atoms with Crippen LogP contribution in [0, 0.1) is 0 Å². The first-order valence-electron chi connectivity index (χ1n) is 7.37. The van der Waals surface area contributed by atoms with Crippen molar-refractivity contribution in [2.24, 2.45) is 0 Å². The Bertz CT molecular complexity index is 834. The van der Waals surface area contributed by atoms with Crippen LogP contribution in [0.4, 0.5) is 4.79 Å². The monoisotopic (exact) mass is 325 g/mol. The molecule has 24 heavy (non-hydrogen) atoms. The van der Waals surface area contributed by atoms with Crippen LogP contribution in [0.15, 0.2) is 48.3 Å². The number of urea groups is 1. The number of rotatable bonds is 4. The van der Waals surface area contributed by atoms with Crippen LogP contribution in [0.2, 0.25) is 0 Å². The van der Waals surface area contributed by atoms with Crippen molar-refractivity contribution in [1.29, 1.82) is 0 Å². The SMILES string of the molecule is CCOC(=O)c1ccc(-n2cccc2C=C2NC(=O)NC2=O)cc1. The van der Waals surface area contributed by atoms with Crippen molar-refractivity contribution >= 4 is 24.0 Å². The number of benzene rings is 1. The van der Waals surface area contributed by atoms with Gasteiger partial charge in [0.25, 0.3) is 5.91 Å².